The summed E-state index contributed by atoms with van der Waals surface area (Å²) in [6, 6.07) is 3.26. The minimum Gasteiger partial charge on any atom is -0.311 e. The van der Waals surface area contributed by atoms with Gasteiger partial charge < -0.3 is 4.98 Å². The first-order valence-corrected chi connectivity index (χ1v) is 4.23. The van der Waals surface area contributed by atoms with Crippen molar-refractivity contribution in [3.8, 4) is 11.4 Å². The number of aromatic amines is 1. The molecule has 2 heterocycles. The standard InChI is InChI=1S/C9H10N4O/c1-6-10-8(5-9(14)11-6)7-3-4-13(2)12-7/h3-5H,1-2H3,(H,10,11,14). The quantitative estimate of drug-likeness (QED) is 0.711. The van der Waals surface area contributed by atoms with E-state index >= 15 is 0 Å². The fourth-order valence-corrected chi connectivity index (χ4v) is 1.26. The smallest absolute Gasteiger partial charge is 0.251 e. The van der Waals surface area contributed by atoms with Crippen LogP contribution in [0.1, 0.15) is 5.82 Å². The first-order valence-electron chi connectivity index (χ1n) is 4.23. The minimum absolute atomic E-state index is 0.154. The molecular weight excluding hydrogens is 180 g/mol. The Morgan fingerprint density at radius 2 is 2.21 bits per heavy atom. The first kappa shape index (κ1) is 8.68. The van der Waals surface area contributed by atoms with E-state index in [-0.39, 0.29) is 5.56 Å². The van der Waals surface area contributed by atoms with Crippen molar-refractivity contribution in [3.05, 3.63) is 34.5 Å². The third-order valence-electron chi connectivity index (χ3n) is 1.84. The van der Waals surface area contributed by atoms with E-state index in [1.165, 1.54) is 6.07 Å². The van der Waals surface area contributed by atoms with E-state index in [4.69, 9.17) is 0 Å². The summed E-state index contributed by atoms with van der Waals surface area (Å²) in [6.45, 7) is 1.74. The Bertz CT molecular complexity index is 512. The molecule has 0 bridgehead atoms. The van der Waals surface area contributed by atoms with Gasteiger partial charge in [-0.25, -0.2) is 4.98 Å². The van der Waals surface area contributed by atoms with Crippen LogP contribution in [0.5, 0.6) is 0 Å². The van der Waals surface area contributed by atoms with Gasteiger partial charge in [0, 0.05) is 19.3 Å². The summed E-state index contributed by atoms with van der Waals surface area (Å²) in [6.07, 6.45) is 1.81. The molecule has 0 radical (unpaired) electrons. The fourth-order valence-electron chi connectivity index (χ4n) is 1.26. The molecule has 0 unspecified atom stereocenters. The summed E-state index contributed by atoms with van der Waals surface area (Å²) >= 11 is 0. The van der Waals surface area contributed by atoms with Crippen LogP contribution in [-0.4, -0.2) is 19.7 Å². The third kappa shape index (κ3) is 1.56. The maximum Gasteiger partial charge on any atom is 0.251 e. The van der Waals surface area contributed by atoms with Gasteiger partial charge >= 0.3 is 0 Å². The van der Waals surface area contributed by atoms with Gasteiger partial charge in [0.25, 0.3) is 5.56 Å². The van der Waals surface area contributed by atoms with E-state index in [0.717, 1.165) is 0 Å². The maximum atomic E-state index is 11.2. The zero-order valence-corrected chi connectivity index (χ0v) is 7.98. The number of aromatic nitrogens is 4. The Morgan fingerprint density at radius 3 is 2.79 bits per heavy atom. The SMILES string of the molecule is Cc1nc(-c2ccn(C)n2)cc(=O)[nH]1. The molecule has 0 saturated carbocycles. The van der Waals surface area contributed by atoms with Gasteiger partial charge in [0.05, 0.1) is 5.69 Å². The Balaban J connectivity index is 2.56. The van der Waals surface area contributed by atoms with Crippen molar-refractivity contribution in [2.75, 3.05) is 0 Å². The van der Waals surface area contributed by atoms with Gasteiger partial charge in [-0.3, -0.25) is 9.48 Å². The lowest BCUT2D eigenvalue weighted by Crippen LogP contribution is -2.08. The minimum atomic E-state index is -0.154. The van der Waals surface area contributed by atoms with Crippen LogP contribution in [0.25, 0.3) is 11.4 Å². The van der Waals surface area contributed by atoms with Crippen molar-refractivity contribution in [2.45, 2.75) is 6.92 Å². The van der Waals surface area contributed by atoms with E-state index in [1.54, 1.807) is 11.6 Å². The number of aryl methyl sites for hydroxylation is 2. The monoisotopic (exact) mass is 190 g/mol. The van der Waals surface area contributed by atoms with Gasteiger partial charge in [0.15, 0.2) is 0 Å². The van der Waals surface area contributed by atoms with E-state index in [1.807, 2.05) is 19.3 Å². The molecule has 0 saturated heterocycles. The Hall–Kier alpha value is -1.91. The van der Waals surface area contributed by atoms with Crippen molar-refractivity contribution < 1.29 is 0 Å². The molecule has 0 atom stereocenters. The molecule has 2 rings (SSSR count). The molecule has 2 aromatic rings. The zero-order chi connectivity index (χ0) is 10.1. The van der Waals surface area contributed by atoms with Gasteiger partial charge in [-0.15, -0.1) is 0 Å². The van der Waals surface area contributed by atoms with E-state index in [2.05, 4.69) is 15.1 Å². The van der Waals surface area contributed by atoms with Crippen LogP contribution >= 0.6 is 0 Å². The van der Waals surface area contributed by atoms with Crippen LogP contribution in [0.2, 0.25) is 0 Å². The van der Waals surface area contributed by atoms with E-state index < -0.39 is 0 Å². The second-order valence-corrected chi connectivity index (χ2v) is 3.09. The van der Waals surface area contributed by atoms with Crippen LogP contribution in [0.15, 0.2) is 23.1 Å². The Labute approximate surface area is 80.4 Å². The predicted molar refractivity (Wildman–Crippen MR) is 51.8 cm³/mol. The van der Waals surface area contributed by atoms with Gasteiger partial charge in [0.2, 0.25) is 0 Å². The normalized spacial score (nSPS) is 10.4. The molecule has 72 valence electrons. The third-order valence-corrected chi connectivity index (χ3v) is 1.84. The van der Waals surface area contributed by atoms with Crippen molar-refractivity contribution in [1.29, 1.82) is 0 Å². The van der Waals surface area contributed by atoms with Crippen LogP contribution in [0, 0.1) is 6.92 Å². The van der Waals surface area contributed by atoms with Crippen LogP contribution in [0.3, 0.4) is 0 Å². The maximum absolute atomic E-state index is 11.2. The van der Waals surface area contributed by atoms with Crippen LogP contribution in [-0.2, 0) is 7.05 Å². The highest BCUT2D eigenvalue weighted by atomic mass is 16.1. The average molecular weight is 190 g/mol. The molecule has 1 N–H and O–H groups in total. The largest absolute Gasteiger partial charge is 0.311 e. The molecule has 5 heteroatoms. The molecule has 0 fully saturated rings. The van der Waals surface area contributed by atoms with Crippen LogP contribution in [0.4, 0.5) is 0 Å². The summed E-state index contributed by atoms with van der Waals surface area (Å²) in [7, 11) is 1.82. The number of hydrogen-bond donors (Lipinski definition) is 1. The summed E-state index contributed by atoms with van der Waals surface area (Å²) in [5, 5.41) is 4.16. The van der Waals surface area contributed by atoms with Crippen molar-refractivity contribution >= 4 is 0 Å². The number of nitrogens with one attached hydrogen (secondary N) is 1. The van der Waals surface area contributed by atoms with Crippen molar-refractivity contribution in [1.82, 2.24) is 19.7 Å². The molecule has 2 aromatic heterocycles. The molecule has 0 aromatic carbocycles. The number of hydrogen-bond acceptors (Lipinski definition) is 3. The molecule has 5 nitrogen and oxygen atoms in total. The molecule has 0 aliphatic rings. The lowest BCUT2D eigenvalue weighted by molar-refractivity contribution is 0.769. The molecule has 0 aliphatic carbocycles. The zero-order valence-electron chi connectivity index (χ0n) is 7.98. The molecule has 0 spiro atoms. The van der Waals surface area contributed by atoms with Gasteiger partial charge in [-0.2, -0.15) is 5.10 Å². The number of H-pyrrole nitrogens is 1. The second kappa shape index (κ2) is 3.10. The molecule has 0 aliphatic heterocycles. The highest BCUT2D eigenvalue weighted by Gasteiger charge is 2.03. The summed E-state index contributed by atoms with van der Waals surface area (Å²) in [5.74, 6) is 0.596. The van der Waals surface area contributed by atoms with Gasteiger partial charge in [-0.05, 0) is 13.0 Å². The Morgan fingerprint density at radius 1 is 1.43 bits per heavy atom. The van der Waals surface area contributed by atoms with Crippen LogP contribution < -0.4 is 5.56 Å². The highest BCUT2D eigenvalue weighted by Crippen LogP contribution is 2.10. The molecule has 0 amide bonds. The molecular formula is C9H10N4O. The second-order valence-electron chi connectivity index (χ2n) is 3.09. The lowest BCUT2D eigenvalue weighted by atomic mass is 10.3. The van der Waals surface area contributed by atoms with Gasteiger partial charge in [-0.1, -0.05) is 0 Å². The summed E-state index contributed by atoms with van der Waals surface area (Å²) < 4.78 is 1.67. The highest BCUT2D eigenvalue weighted by molar-refractivity contribution is 5.52. The van der Waals surface area contributed by atoms with Gasteiger partial charge in [0.1, 0.15) is 11.5 Å². The Kier molecular flexibility index (Phi) is 1.92. The number of rotatable bonds is 1. The first-order chi connectivity index (χ1) is 6.65. The average Bonchev–Trinajstić information content (AvgIpc) is 2.50. The summed E-state index contributed by atoms with van der Waals surface area (Å²) in [4.78, 5) is 17.9. The summed E-state index contributed by atoms with van der Waals surface area (Å²) in [5.41, 5.74) is 1.16. The lowest BCUT2D eigenvalue weighted by Gasteiger charge is -1.96. The topological polar surface area (TPSA) is 63.6 Å². The van der Waals surface area contributed by atoms with Crippen molar-refractivity contribution in [2.24, 2.45) is 7.05 Å². The fraction of sp³-hybridized carbons (Fsp3) is 0.222. The van der Waals surface area contributed by atoms with E-state index in [9.17, 15) is 4.79 Å². The van der Waals surface area contributed by atoms with E-state index in [0.29, 0.717) is 17.2 Å². The molecule has 14 heavy (non-hydrogen) atoms. The predicted octanol–water partition coefficient (Wildman–Crippen LogP) is 0.479. The number of nitrogens with zero attached hydrogens (tertiary/aromatic N) is 3. The van der Waals surface area contributed by atoms with Crippen molar-refractivity contribution in [3.63, 3.8) is 0 Å².